The molecule has 5 heteroatoms. The normalized spacial score (nSPS) is 19.6. The summed E-state index contributed by atoms with van der Waals surface area (Å²) in [7, 11) is 3.66. The Hall–Kier alpha value is -1.59. The number of nitrogens with zero attached hydrogens (tertiary/aromatic N) is 1. The molecule has 2 rings (SSSR count). The Morgan fingerprint density at radius 3 is 2.70 bits per heavy atom. The van der Waals surface area contributed by atoms with Gasteiger partial charge in [0, 0.05) is 31.1 Å². The van der Waals surface area contributed by atoms with Crippen molar-refractivity contribution in [2.24, 2.45) is 0 Å². The number of carbonyl (C=O) groups excluding carboxylic acids is 1. The Kier molecular flexibility index (Phi) is 5.38. The second-order valence-electron chi connectivity index (χ2n) is 5.30. The van der Waals surface area contributed by atoms with Gasteiger partial charge in [-0.15, -0.1) is 0 Å². The number of benzene rings is 1. The lowest BCUT2D eigenvalue weighted by atomic mass is 10.1. The van der Waals surface area contributed by atoms with Crippen LogP contribution in [-0.2, 0) is 9.53 Å². The summed E-state index contributed by atoms with van der Waals surface area (Å²) in [6, 6.07) is 8.31. The molecule has 0 bridgehead atoms. The van der Waals surface area contributed by atoms with E-state index in [1.807, 2.05) is 24.3 Å². The van der Waals surface area contributed by atoms with Gasteiger partial charge >= 0.3 is 0 Å². The van der Waals surface area contributed by atoms with Crippen LogP contribution >= 0.6 is 0 Å². The molecule has 0 radical (unpaired) electrons. The molecule has 5 nitrogen and oxygen atoms in total. The molecule has 0 saturated carbocycles. The Morgan fingerprint density at radius 2 is 2.05 bits per heavy atom. The van der Waals surface area contributed by atoms with Gasteiger partial charge in [-0.2, -0.15) is 0 Å². The van der Waals surface area contributed by atoms with Gasteiger partial charge in [0.1, 0.15) is 6.61 Å². The molecule has 0 aromatic heterocycles. The standard InChI is InChI=1S/C15H23N3O2/c1-18-9-3-4-14(10-18)16-12-5-7-13(8-6-12)17-15(19)11-20-2/h5-8,14,16H,3-4,9-11H2,1-2H3,(H,17,19). The van der Waals surface area contributed by atoms with E-state index in [0.29, 0.717) is 6.04 Å². The summed E-state index contributed by atoms with van der Waals surface area (Å²) >= 11 is 0. The molecule has 1 unspecified atom stereocenters. The number of piperidine rings is 1. The third-order valence-corrected chi connectivity index (χ3v) is 3.44. The summed E-state index contributed by atoms with van der Waals surface area (Å²) in [5, 5.41) is 6.32. The number of hydrogen-bond donors (Lipinski definition) is 2. The second-order valence-corrected chi connectivity index (χ2v) is 5.30. The lowest BCUT2D eigenvalue weighted by molar-refractivity contribution is -0.119. The van der Waals surface area contributed by atoms with Gasteiger partial charge in [-0.3, -0.25) is 4.79 Å². The molecule has 2 N–H and O–H groups in total. The number of ether oxygens (including phenoxy) is 1. The van der Waals surface area contributed by atoms with Crippen LogP contribution in [0.5, 0.6) is 0 Å². The van der Waals surface area contributed by atoms with Gasteiger partial charge in [0.15, 0.2) is 0 Å². The number of carbonyl (C=O) groups is 1. The van der Waals surface area contributed by atoms with Crippen LogP contribution in [0.3, 0.4) is 0 Å². The quantitative estimate of drug-likeness (QED) is 0.861. The number of amides is 1. The van der Waals surface area contributed by atoms with E-state index in [-0.39, 0.29) is 12.5 Å². The summed E-state index contributed by atoms with van der Waals surface area (Å²) < 4.78 is 4.78. The van der Waals surface area contributed by atoms with Crippen LogP contribution in [-0.4, -0.2) is 50.7 Å². The van der Waals surface area contributed by atoms with Crippen LogP contribution in [0, 0.1) is 0 Å². The van der Waals surface area contributed by atoms with Gasteiger partial charge in [0.2, 0.25) is 5.91 Å². The molecule has 1 amide bonds. The Morgan fingerprint density at radius 1 is 1.35 bits per heavy atom. The van der Waals surface area contributed by atoms with E-state index < -0.39 is 0 Å². The van der Waals surface area contributed by atoms with Gasteiger partial charge < -0.3 is 20.3 Å². The molecule has 1 saturated heterocycles. The van der Waals surface area contributed by atoms with Crippen molar-refractivity contribution in [2.75, 3.05) is 44.5 Å². The minimum atomic E-state index is -0.137. The van der Waals surface area contributed by atoms with Crippen molar-refractivity contribution >= 4 is 17.3 Å². The monoisotopic (exact) mass is 277 g/mol. The fourth-order valence-electron chi connectivity index (χ4n) is 2.50. The third-order valence-electron chi connectivity index (χ3n) is 3.44. The third kappa shape index (κ3) is 4.51. The molecule has 1 aromatic carbocycles. The van der Waals surface area contributed by atoms with Gasteiger partial charge in [0.05, 0.1) is 0 Å². The molecule has 1 aliphatic heterocycles. The fourth-order valence-corrected chi connectivity index (χ4v) is 2.50. The molecule has 1 fully saturated rings. The number of likely N-dealkylation sites (tertiary alicyclic amines) is 1. The first-order chi connectivity index (χ1) is 9.67. The van der Waals surface area contributed by atoms with Crippen molar-refractivity contribution in [3.63, 3.8) is 0 Å². The average Bonchev–Trinajstić information content (AvgIpc) is 2.41. The smallest absolute Gasteiger partial charge is 0.250 e. The molecular weight excluding hydrogens is 254 g/mol. The average molecular weight is 277 g/mol. The highest BCUT2D eigenvalue weighted by Crippen LogP contribution is 2.17. The van der Waals surface area contributed by atoms with Crippen LogP contribution in [0.25, 0.3) is 0 Å². The Bertz CT molecular complexity index is 433. The fraction of sp³-hybridized carbons (Fsp3) is 0.533. The first kappa shape index (κ1) is 14.8. The van der Waals surface area contributed by atoms with E-state index in [4.69, 9.17) is 4.74 Å². The van der Waals surface area contributed by atoms with Crippen molar-refractivity contribution in [1.82, 2.24) is 4.90 Å². The SMILES string of the molecule is COCC(=O)Nc1ccc(NC2CCCN(C)C2)cc1. The minimum absolute atomic E-state index is 0.0778. The van der Waals surface area contributed by atoms with E-state index >= 15 is 0 Å². The van der Waals surface area contributed by atoms with Crippen molar-refractivity contribution in [3.05, 3.63) is 24.3 Å². The highest BCUT2D eigenvalue weighted by Gasteiger charge is 2.16. The number of methoxy groups -OCH3 is 1. The zero-order valence-corrected chi connectivity index (χ0v) is 12.2. The molecule has 110 valence electrons. The zero-order valence-electron chi connectivity index (χ0n) is 12.2. The van der Waals surface area contributed by atoms with Crippen LogP contribution < -0.4 is 10.6 Å². The number of anilines is 2. The number of likely N-dealkylation sites (N-methyl/N-ethyl adjacent to an activating group) is 1. The highest BCUT2D eigenvalue weighted by molar-refractivity contribution is 5.91. The Labute approximate surface area is 120 Å². The Balaban J connectivity index is 1.86. The predicted octanol–water partition coefficient (Wildman–Crippen LogP) is 1.78. The molecule has 1 aliphatic rings. The van der Waals surface area contributed by atoms with Gasteiger partial charge in [0.25, 0.3) is 0 Å². The van der Waals surface area contributed by atoms with Crippen LogP contribution in [0.2, 0.25) is 0 Å². The molecular formula is C15H23N3O2. The number of hydrogen-bond acceptors (Lipinski definition) is 4. The summed E-state index contributed by atoms with van der Waals surface area (Å²) in [6.07, 6.45) is 2.44. The van der Waals surface area contributed by atoms with E-state index in [0.717, 1.165) is 17.9 Å². The molecule has 1 heterocycles. The molecule has 0 aliphatic carbocycles. The zero-order chi connectivity index (χ0) is 14.4. The van der Waals surface area contributed by atoms with E-state index in [1.165, 1.54) is 26.5 Å². The van der Waals surface area contributed by atoms with E-state index in [9.17, 15) is 4.79 Å². The van der Waals surface area contributed by atoms with Crippen molar-refractivity contribution in [3.8, 4) is 0 Å². The first-order valence-corrected chi connectivity index (χ1v) is 7.01. The lowest BCUT2D eigenvalue weighted by Crippen LogP contribution is -2.39. The van der Waals surface area contributed by atoms with Crippen LogP contribution in [0.4, 0.5) is 11.4 Å². The summed E-state index contributed by atoms with van der Waals surface area (Å²) in [5.41, 5.74) is 1.88. The molecule has 1 aromatic rings. The topological polar surface area (TPSA) is 53.6 Å². The summed E-state index contributed by atoms with van der Waals surface area (Å²) in [5.74, 6) is -0.137. The van der Waals surface area contributed by atoms with E-state index in [1.54, 1.807) is 0 Å². The largest absolute Gasteiger partial charge is 0.381 e. The minimum Gasteiger partial charge on any atom is -0.381 e. The summed E-state index contributed by atoms with van der Waals surface area (Å²) in [4.78, 5) is 13.7. The second kappa shape index (κ2) is 7.26. The first-order valence-electron chi connectivity index (χ1n) is 7.01. The maximum atomic E-state index is 11.4. The maximum absolute atomic E-state index is 11.4. The molecule has 1 atom stereocenters. The number of rotatable bonds is 5. The molecule has 20 heavy (non-hydrogen) atoms. The van der Waals surface area contributed by atoms with Crippen molar-refractivity contribution in [2.45, 2.75) is 18.9 Å². The predicted molar refractivity (Wildman–Crippen MR) is 81.1 cm³/mol. The molecule has 0 spiro atoms. The van der Waals surface area contributed by atoms with Crippen molar-refractivity contribution in [1.29, 1.82) is 0 Å². The lowest BCUT2D eigenvalue weighted by Gasteiger charge is -2.30. The highest BCUT2D eigenvalue weighted by atomic mass is 16.5. The van der Waals surface area contributed by atoms with Crippen LogP contribution in [0.1, 0.15) is 12.8 Å². The number of nitrogens with one attached hydrogen (secondary N) is 2. The van der Waals surface area contributed by atoms with Gasteiger partial charge in [-0.1, -0.05) is 0 Å². The van der Waals surface area contributed by atoms with Gasteiger partial charge in [-0.25, -0.2) is 0 Å². The van der Waals surface area contributed by atoms with Crippen LogP contribution in [0.15, 0.2) is 24.3 Å². The van der Waals surface area contributed by atoms with Gasteiger partial charge in [-0.05, 0) is 50.7 Å². The van der Waals surface area contributed by atoms with E-state index in [2.05, 4.69) is 22.6 Å². The maximum Gasteiger partial charge on any atom is 0.250 e. The van der Waals surface area contributed by atoms with Crippen molar-refractivity contribution < 1.29 is 9.53 Å². The summed E-state index contributed by atoms with van der Waals surface area (Å²) in [6.45, 7) is 2.34.